The molecule has 0 aliphatic heterocycles. The minimum Gasteiger partial charge on any atom is -0.360 e. The van der Waals surface area contributed by atoms with E-state index in [1.165, 1.54) is 21.1 Å². The molecule has 0 atom stereocenters. The van der Waals surface area contributed by atoms with Crippen molar-refractivity contribution in [2.75, 3.05) is 0 Å². The van der Waals surface area contributed by atoms with Gasteiger partial charge in [-0.05, 0) is 19.3 Å². The zero-order chi connectivity index (χ0) is 22.3. The highest BCUT2D eigenvalue weighted by atomic mass is 32.1. The summed E-state index contributed by atoms with van der Waals surface area (Å²) >= 11 is 1.86. The Balaban J connectivity index is 0.000000280. The van der Waals surface area contributed by atoms with Gasteiger partial charge in [-0.15, -0.1) is 11.3 Å². The van der Waals surface area contributed by atoms with E-state index in [4.69, 9.17) is 4.52 Å². The molecule has 0 saturated carbocycles. The standard InChI is InChI=1S/C12H21NO.C12H21NS/c1-8-9(11(2,3)4)13-14-10(8)12(5,6)7;1-8-9(11(2,3)4)14-10(13-8)12(5,6)7/h2*1-7H3. The Kier molecular flexibility index (Phi) is 7.05. The number of hydrogen-bond donors (Lipinski definition) is 0. The van der Waals surface area contributed by atoms with E-state index in [1.807, 2.05) is 11.3 Å². The molecule has 0 fully saturated rings. The van der Waals surface area contributed by atoms with Crippen LogP contribution in [0.3, 0.4) is 0 Å². The van der Waals surface area contributed by atoms with Crippen molar-refractivity contribution in [2.24, 2.45) is 0 Å². The average molecular weight is 407 g/mol. The number of aromatic nitrogens is 2. The van der Waals surface area contributed by atoms with Crippen LogP contribution < -0.4 is 0 Å². The third kappa shape index (κ3) is 6.17. The molecular formula is C24H42N2OS. The molecule has 0 amide bonds. The monoisotopic (exact) mass is 406 g/mol. The average Bonchev–Trinajstić information content (AvgIpc) is 3.00. The van der Waals surface area contributed by atoms with Crippen molar-refractivity contribution in [3.63, 3.8) is 0 Å². The van der Waals surface area contributed by atoms with Crippen LogP contribution in [0.2, 0.25) is 0 Å². The fourth-order valence-electron chi connectivity index (χ4n) is 3.15. The third-order valence-corrected chi connectivity index (χ3v) is 6.44. The molecule has 0 unspecified atom stereocenters. The molecule has 0 aliphatic rings. The van der Waals surface area contributed by atoms with Gasteiger partial charge in [0.25, 0.3) is 0 Å². The van der Waals surface area contributed by atoms with Crippen molar-refractivity contribution in [3.8, 4) is 0 Å². The van der Waals surface area contributed by atoms with Crippen LogP contribution in [0.15, 0.2) is 4.52 Å². The predicted molar refractivity (Wildman–Crippen MR) is 123 cm³/mol. The van der Waals surface area contributed by atoms with Crippen LogP contribution in [0.25, 0.3) is 0 Å². The van der Waals surface area contributed by atoms with Crippen LogP contribution in [0, 0.1) is 13.8 Å². The maximum atomic E-state index is 5.44. The molecule has 0 radical (unpaired) electrons. The lowest BCUT2D eigenvalue weighted by molar-refractivity contribution is 0.318. The largest absolute Gasteiger partial charge is 0.360 e. The molecule has 2 aromatic rings. The van der Waals surface area contributed by atoms with E-state index in [1.54, 1.807) is 0 Å². The van der Waals surface area contributed by atoms with E-state index >= 15 is 0 Å². The molecule has 2 rings (SSSR count). The number of aryl methyl sites for hydroxylation is 1. The van der Waals surface area contributed by atoms with E-state index < -0.39 is 0 Å². The number of rotatable bonds is 0. The van der Waals surface area contributed by atoms with E-state index in [9.17, 15) is 0 Å². The maximum Gasteiger partial charge on any atom is 0.145 e. The summed E-state index contributed by atoms with van der Waals surface area (Å²) < 4.78 is 5.44. The SMILES string of the molecule is Cc1c(C(C)(C)C)noc1C(C)(C)C.Cc1nc(C(C)(C)C)sc1C(C)(C)C. The second-order valence-electron chi connectivity index (χ2n) is 11.9. The first-order valence-corrected chi connectivity index (χ1v) is 11.0. The minimum absolute atomic E-state index is 0.0422. The molecule has 4 heteroatoms. The fraction of sp³-hybridized carbons (Fsp3) is 0.750. The van der Waals surface area contributed by atoms with E-state index in [-0.39, 0.29) is 21.7 Å². The van der Waals surface area contributed by atoms with Gasteiger partial charge in [0.1, 0.15) is 5.76 Å². The van der Waals surface area contributed by atoms with Gasteiger partial charge in [-0.3, -0.25) is 0 Å². The van der Waals surface area contributed by atoms with E-state index in [2.05, 4.69) is 107 Å². The van der Waals surface area contributed by atoms with Crippen molar-refractivity contribution in [2.45, 2.75) is 119 Å². The van der Waals surface area contributed by atoms with Crippen molar-refractivity contribution >= 4 is 11.3 Å². The zero-order valence-corrected chi connectivity index (χ0v) is 21.5. The molecule has 0 saturated heterocycles. The Labute approximate surface area is 177 Å². The van der Waals surface area contributed by atoms with Gasteiger partial charge in [-0.2, -0.15) is 0 Å². The number of nitrogens with zero attached hydrogens (tertiary/aromatic N) is 2. The molecule has 0 bridgehead atoms. The summed E-state index contributed by atoms with van der Waals surface area (Å²) in [5, 5.41) is 5.43. The molecule has 3 nitrogen and oxygen atoms in total. The van der Waals surface area contributed by atoms with Gasteiger partial charge in [0.15, 0.2) is 0 Å². The van der Waals surface area contributed by atoms with Gasteiger partial charge in [-0.25, -0.2) is 4.98 Å². The van der Waals surface area contributed by atoms with Crippen LogP contribution in [0.4, 0.5) is 0 Å². The van der Waals surface area contributed by atoms with Crippen molar-refractivity contribution in [1.82, 2.24) is 10.1 Å². The maximum absolute atomic E-state index is 5.44. The van der Waals surface area contributed by atoms with Crippen molar-refractivity contribution < 1.29 is 4.52 Å². The van der Waals surface area contributed by atoms with Crippen LogP contribution in [-0.4, -0.2) is 10.1 Å². The highest BCUT2D eigenvalue weighted by Crippen LogP contribution is 2.36. The van der Waals surface area contributed by atoms with E-state index in [0.717, 1.165) is 11.5 Å². The van der Waals surface area contributed by atoms with Gasteiger partial charge < -0.3 is 4.52 Å². The molecule has 0 aliphatic carbocycles. The summed E-state index contributed by atoms with van der Waals surface area (Å²) in [4.78, 5) is 6.09. The molecular weight excluding hydrogens is 364 g/mol. The zero-order valence-electron chi connectivity index (χ0n) is 20.7. The fourth-order valence-corrected chi connectivity index (χ4v) is 4.33. The lowest BCUT2D eigenvalue weighted by Gasteiger charge is -2.18. The number of thiazole rings is 1. The van der Waals surface area contributed by atoms with Crippen LogP contribution >= 0.6 is 11.3 Å². The molecule has 28 heavy (non-hydrogen) atoms. The van der Waals surface area contributed by atoms with Crippen LogP contribution in [-0.2, 0) is 21.7 Å². The summed E-state index contributed by atoms with van der Waals surface area (Å²) in [6.07, 6.45) is 0. The third-order valence-electron chi connectivity index (χ3n) is 4.43. The van der Waals surface area contributed by atoms with Crippen molar-refractivity contribution in [1.29, 1.82) is 0 Å². The quantitative estimate of drug-likeness (QED) is 0.451. The summed E-state index contributed by atoms with van der Waals surface area (Å²) in [5.74, 6) is 1.00. The lowest BCUT2D eigenvalue weighted by atomic mass is 9.84. The van der Waals surface area contributed by atoms with Crippen LogP contribution in [0.5, 0.6) is 0 Å². The summed E-state index contributed by atoms with van der Waals surface area (Å²) in [6.45, 7) is 30.5. The highest BCUT2D eigenvalue weighted by Gasteiger charge is 2.29. The Hall–Kier alpha value is -1.16. The molecule has 0 spiro atoms. The minimum atomic E-state index is 0.0422. The highest BCUT2D eigenvalue weighted by molar-refractivity contribution is 7.12. The molecule has 0 aromatic carbocycles. The first-order chi connectivity index (χ1) is 12.3. The van der Waals surface area contributed by atoms with Gasteiger partial charge in [0.2, 0.25) is 0 Å². The molecule has 2 heterocycles. The predicted octanol–water partition coefficient (Wildman–Crippen LogP) is 7.62. The van der Waals surface area contributed by atoms with Gasteiger partial charge >= 0.3 is 0 Å². The molecule has 2 aromatic heterocycles. The lowest BCUT2D eigenvalue weighted by Crippen LogP contribution is -2.15. The Morgan fingerprint density at radius 2 is 1.18 bits per heavy atom. The smallest absolute Gasteiger partial charge is 0.145 e. The first kappa shape index (κ1) is 24.9. The summed E-state index contributed by atoms with van der Waals surface area (Å²) in [6, 6.07) is 0. The number of hydrogen-bond acceptors (Lipinski definition) is 4. The Morgan fingerprint density at radius 3 is 1.39 bits per heavy atom. The Morgan fingerprint density at radius 1 is 0.679 bits per heavy atom. The van der Waals surface area contributed by atoms with E-state index in [0.29, 0.717) is 0 Å². The summed E-state index contributed by atoms with van der Waals surface area (Å²) in [5.41, 5.74) is 3.99. The van der Waals surface area contributed by atoms with Crippen molar-refractivity contribution in [3.05, 3.63) is 32.6 Å². The second kappa shape index (κ2) is 7.93. The first-order valence-electron chi connectivity index (χ1n) is 10.2. The van der Waals surface area contributed by atoms with Gasteiger partial charge in [0.05, 0.1) is 16.4 Å². The van der Waals surface area contributed by atoms with Crippen LogP contribution in [0.1, 0.15) is 116 Å². The molecule has 0 N–H and O–H groups in total. The van der Waals surface area contributed by atoms with Gasteiger partial charge in [-0.1, -0.05) is 88.2 Å². The summed E-state index contributed by atoms with van der Waals surface area (Å²) in [7, 11) is 0. The Bertz CT molecular complexity index is 737. The topological polar surface area (TPSA) is 38.9 Å². The van der Waals surface area contributed by atoms with Gasteiger partial charge in [0, 0.05) is 26.7 Å². The molecule has 160 valence electrons. The second-order valence-corrected chi connectivity index (χ2v) is 12.9. The normalized spacial score (nSPS) is 13.4.